The fourth-order valence-corrected chi connectivity index (χ4v) is 2.89. The SMILES string of the molecule is CC1OC2(CCN(C(=O)O)CC2F)CN(C(C)C)C1=O. The van der Waals surface area contributed by atoms with Crippen molar-refractivity contribution in [3.63, 3.8) is 0 Å². The molecule has 0 aromatic heterocycles. The van der Waals surface area contributed by atoms with Crippen LogP contribution in [0.4, 0.5) is 9.18 Å². The monoisotopic (exact) mass is 288 g/mol. The molecule has 1 spiro atoms. The van der Waals surface area contributed by atoms with Crippen molar-refractivity contribution in [2.75, 3.05) is 19.6 Å². The fourth-order valence-electron chi connectivity index (χ4n) is 2.89. The first-order chi connectivity index (χ1) is 9.27. The van der Waals surface area contributed by atoms with Gasteiger partial charge in [-0.1, -0.05) is 0 Å². The maximum absolute atomic E-state index is 14.5. The number of morpholine rings is 1. The van der Waals surface area contributed by atoms with E-state index < -0.39 is 24.0 Å². The van der Waals surface area contributed by atoms with Crippen LogP contribution in [-0.4, -0.2) is 70.5 Å². The summed E-state index contributed by atoms with van der Waals surface area (Å²) in [6.07, 6.45) is -2.98. The maximum Gasteiger partial charge on any atom is 0.407 e. The average molecular weight is 288 g/mol. The van der Waals surface area contributed by atoms with Gasteiger partial charge in [0.15, 0.2) is 0 Å². The van der Waals surface area contributed by atoms with E-state index >= 15 is 0 Å². The molecule has 0 radical (unpaired) electrons. The van der Waals surface area contributed by atoms with E-state index in [1.54, 1.807) is 11.8 Å². The van der Waals surface area contributed by atoms with Gasteiger partial charge >= 0.3 is 6.09 Å². The Bertz CT molecular complexity index is 417. The lowest BCUT2D eigenvalue weighted by atomic mass is 9.86. The van der Waals surface area contributed by atoms with E-state index in [1.165, 1.54) is 0 Å². The standard InChI is InChI=1S/C13H21FN2O4/c1-8(2)16-7-13(20-9(3)11(16)17)4-5-15(12(18)19)6-10(13)14/h8-10H,4-7H2,1-3H3,(H,18,19). The molecule has 0 bridgehead atoms. The number of hydrogen-bond donors (Lipinski definition) is 1. The second kappa shape index (κ2) is 5.20. The highest BCUT2D eigenvalue weighted by atomic mass is 19.1. The van der Waals surface area contributed by atoms with E-state index in [-0.39, 0.29) is 38.0 Å². The summed E-state index contributed by atoms with van der Waals surface area (Å²) in [5.41, 5.74) is -1.08. The van der Waals surface area contributed by atoms with Crippen LogP contribution in [-0.2, 0) is 9.53 Å². The first-order valence-electron chi connectivity index (χ1n) is 6.87. The molecule has 0 aromatic rings. The quantitative estimate of drug-likeness (QED) is 0.784. The second-order valence-electron chi connectivity index (χ2n) is 5.83. The summed E-state index contributed by atoms with van der Waals surface area (Å²) in [5, 5.41) is 8.93. The summed E-state index contributed by atoms with van der Waals surface area (Å²) in [4.78, 5) is 25.6. The van der Waals surface area contributed by atoms with E-state index in [9.17, 15) is 14.0 Å². The predicted molar refractivity (Wildman–Crippen MR) is 69.2 cm³/mol. The van der Waals surface area contributed by atoms with Crippen LogP contribution < -0.4 is 0 Å². The predicted octanol–water partition coefficient (Wildman–Crippen LogP) is 1.10. The zero-order valence-corrected chi connectivity index (χ0v) is 12.0. The third-order valence-corrected chi connectivity index (χ3v) is 4.13. The van der Waals surface area contributed by atoms with E-state index in [4.69, 9.17) is 9.84 Å². The van der Waals surface area contributed by atoms with Gasteiger partial charge in [-0.25, -0.2) is 9.18 Å². The third kappa shape index (κ3) is 2.46. The number of piperidine rings is 1. The molecular formula is C13H21FN2O4. The number of amides is 2. The van der Waals surface area contributed by atoms with Crippen molar-refractivity contribution in [3.8, 4) is 0 Å². The Kier molecular flexibility index (Phi) is 3.90. The Hall–Kier alpha value is -1.37. The molecule has 1 N–H and O–H groups in total. The molecule has 2 fully saturated rings. The van der Waals surface area contributed by atoms with Crippen LogP contribution in [0.1, 0.15) is 27.2 Å². The number of hydrogen-bond acceptors (Lipinski definition) is 3. The second-order valence-corrected chi connectivity index (χ2v) is 5.83. The highest BCUT2D eigenvalue weighted by molar-refractivity contribution is 5.81. The lowest BCUT2D eigenvalue weighted by Gasteiger charge is -2.51. The van der Waals surface area contributed by atoms with E-state index in [1.807, 2.05) is 13.8 Å². The zero-order chi connectivity index (χ0) is 15.1. The van der Waals surface area contributed by atoms with Gasteiger partial charge in [0.1, 0.15) is 17.9 Å². The van der Waals surface area contributed by atoms with Gasteiger partial charge in [-0.2, -0.15) is 0 Å². The number of ether oxygens (including phenoxy) is 1. The molecule has 2 rings (SSSR count). The molecule has 0 saturated carbocycles. The van der Waals surface area contributed by atoms with Crippen molar-refractivity contribution in [1.82, 2.24) is 9.80 Å². The number of rotatable bonds is 1. The lowest BCUT2D eigenvalue weighted by molar-refractivity contribution is -0.208. The Morgan fingerprint density at radius 1 is 1.55 bits per heavy atom. The van der Waals surface area contributed by atoms with Gasteiger partial charge in [-0.3, -0.25) is 4.79 Å². The van der Waals surface area contributed by atoms with E-state index in [0.717, 1.165) is 4.90 Å². The van der Waals surface area contributed by atoms with Crippen LogP contribution in [0.25, 0.3) is 0 Å². The summed E-state index contributed by atoms with van der Waals surface area (Å²) in [6.45, 7) is 5.58. The molecule has 20 heavy (non-hydrogen) atoms. The Labute approximate surface area is 117 Å². The number of carbonyl (C=O) groups is 2. The van der Waals surface area contributed by atoms with Crippen LogP contribution in [0.3, 0.4) is 0 Å². The maximum atomic E-state index is 14.5. The molecule has 2 saturated heterocycles. The Morgan fingerprint density at radius 2 is 2.20 bits per heavy atom. The molecule has 114 valence electrons. The molecule has 2 aliphatic rings. The first kappa shape index (κ1) is 15.0. The van der Waals surface area contributed by atoms with Gasteiger partial charge in [0.2, 0.25) is 0 Å². The number of carbonyl (C=O) groups excluding carboxylic acids is 1. The van der Waals surface area contributed by atoms with Gasteiger partial charge in [0.05, 0.1) is 13.1 Å². The highest BCUT2D eigenvalue weighted by Gasteiger charge is 2.52. The van der Waals surface area contributed by atoms with E-state index in [2.05, 4.69) is 0 Å². The minimum absolute atomic E-state index is 0.0320. The van der Waals surface area contributed by atoms with Crippen molar-refractivity contribution in [3.05, 3.63) is 0 Å². The fraction of sp³-hybridized carbons (Fsp3) is 0.846. The van der Waals surface area contributed by atoms with Crippen molar-refractivity contribution >= 4 is 12.0 Å². The van der Waals surface area contributed by atoms with Gasteiger partial charge < -0.3 is 19.6 Å². The average Bonchev–Trinajstić information content (AvgIpc) is 2.36. The van der Waals surface area contributed by atoms with Crippen molar-refractivity contribution in [2.24, 2.45) is 0 Å². The van der Waals surface area contributed by atoms with Gasteiger partial charge in [0.25, 0.3) is 5.91 Å². The normalized spacial score (nSPS) is 35.0. The van der Waals surface area contributed by atoms with Crippen LogP contribution in [0.5, 0.6) is 0 Å². The number of halogens is 1. The Morgan fingerprint density at radius 3 is 2.70 bits per heavy atom. The summed E-state index contributed by atoms with van der Waals surface area (Å²) >= 11 is 0. The molecule has 6 nitrogen and oxygen atoms in total. The molecule has 0 aromatic carbocycles. The summed E-state index contributed by atoms with van der Waals surface area (Å²) < 4.78 is 20.2. The number of nitrogens with zero attached hydrogens (tertiary/aromatic N) is 2. The number of likely N-dealkylation sites (tertiary alicyclic amines) is 1. The molecule has 0 aliphatic carbocycles. The van der Waals surface area contributed by atoms with Crippen LogP contribution in [0, 0.1) is 0 Å². The van der Waals surface area contributed by atoms with Gasteiger partial charge in [-0.15, -0.1) is 0 Å². The molecular weight excluding hydrogens is 267 g/mol. The molecule has 2 amide bonds. The van der Waals surface area contributed by atoms with Crippen molar-refractivity contribution < 1.29 is 23.8 Å². The summed E-state index contributed by atoms with van der Waals surface area (Å²) in [6, 6.07) is -0.0320. The van der Waals surface area contributed by atoms with Gasteiger partial charge in [0, 0.05) is 12.6 Å². The molecule has 3 unspecified atom stereocenters. The molecule has 2 heterocycles. The highest BCUT2D eigenvalue weighted by Crippen LogP contribution is 2.35. The minimum Gasteiger partial charge on any atom is -0.465 e. The number of alkyl halides is 1. The van der Waals surface area contributed by atoms with Gasteiger partial charge in [-0.05, 0) is 27.2 Å². The Balaban J connectivity index is 2.18. The third-order valence-electron chi connectivity index (χ3n) is 4.13. The molecule has 3 atom stereocenters. The van der Waals surface area contributed by atoms with Crippen molar-refractivity contribution in [1.29, 1.82) is 0 Å². The lowest BCUT2D eigenvalue weighted by Crippen LogP contribution is -2.67. The van der Waals surface area contributed by atoms with Crippen LogP contribution >= 0.6 is 0 Å². The zero-order valence-electron chi connectivity index (χ0n) is 12.0. The first-order valence-corrected chi connectivity index (χ1v) is 6.87. The largest absolute Gasteiger partial charge is 0.465 e. The summed E-state index contributed by atoms with van der Waals surface area (Å²) in [7, 11) is 0. The summed E-state index contributed by atoms with van der Waals surface area (Å²) in [5.74, 6) is -0.140. The smallest absolute Gasteiger partial charge is 0.407 e. The van der Waals surface area contributed by atoms with Crippen molar-refractivity contribution in [2.45, 2.75) is 51.1 Å². The minimum atomic E-state index is -1.43. The molecule has 2 aliphatic heterocycles. The van der Waals surface area contributed by atoms with Crippen LogP contribution in [0.15, 0.2) is 0 Å². The topological polar surface area (TPSA) is 70.1 Å². The van der Waals surface area contributed by atoms with Crippen LogP contribution in [0.2, 0.25) is 0 Å². The van der Waals surface area contributed by atoms with E-state index in [0.29, 0.717) is 0 Å². The number of carboxylic acid groups (broad SMARTS) is 1. The molecule has 7 heteroatoms.